The van der Waals surface area contributed by atoms with Crippen LogP contribution in [0.4, 0.5) is 5.69 Å². The number of carbonyl (C=O) groups excluding carboxylic acids is 2. The van der Waals surface area contributed by atoms with Gasteiger partial charge in [0.2, 0.25) is 0 Å². The van der Waals surface area contributed by atoms with Crippen molar-refractivity contribution in [1.29, 1.82) is 0 Å². The first-order valence-corrected chi connectivity index (χ1v) is 8.78. The molecule has 26 heavy (non-hydrogen) atoms. The third-order valence-corrected chi connectivity index (χ3v) is 4.14. The van der Waals surface area contributed by atoms with Gasteiger partial charge in [-0.2, -0.15) is 0 Å². The summed E-state index contributed by atoms with van der Waals surface area (Å²) < 4.78 is 10.5. The summed E-state index contributed by atoms with van der Waals surface area (Å²) >= 11 is 0. The van der Waals surface area contributed by atoms with Gasteiger partial charge in [0.15, 0.2) is 12.7 Å². The zero-order chi connectivity index (χ0) is 18.9. The number of para-hydroxylation sites is 2. The minimum atomic E-state index is -0.910. The number of amides is 1. The molecule has 0 spiro atoms. The number of hydrogen-bond donors (Lipinski definition) is 1. The molecule has 2 aromatic carbocycles. The normalized spacial score (nSPS) is 12.7. The van der Waals surface area contributed by atoms with Crippen molar-refractivity contribution in [3.8, 4) is 5.75 Å². The molecule has 5 heteroatoms. The summed E-state index contributed by atoms with van der Waals surface area (Å²) in [5.74, 6) is -0.0619. The van der Waals surface area contributed by atoms with Gasteiger partial charge < -0.3 is 14.8 Å². The predicted molar refractivity (Wildman–Crippen MR) is 101 cm³/mol. The highest BCUT2D eigenvalue weighted by atomic mass is 16.6. The number of carbonyl (C=O) groups is 2. The second-order valence-electron chi connectivity index (χ2n) is 6.12. The molecule has 2 atom stereocenters. The average Bonchev–Trinajstić information content (AvgIpc) is 2.67. The summed E-state index contributed by atoms with van der Waals surface area (Å²) in [6.45, 7) is 5.50. The maximum atomic E-state index is 12.4. The minimum Gasteiger partial charge on any atom is -0.482 e. The van der Waals surface area contributed by atoms with Crippen LogP contribution in [-0.2, 0) is 14.3 Å². The Balaban J connectivity index is 1.88. The van der Waals surface area contributed by atoms with E-state index in [0.717, 1.165) is 17.7 Å². The van der Waals surface area contributed by atoms with Crippen molar-refractivity contribution in [1.82, 2.24) is 0 Å². The van der Waals surface area contributed by atoms with Gasteiger partial charge in [0.25, 0.3) is 5.91 Å². The van der Waals surface area contributed by atoms with Gasteiger partial charge in [0, 0.05) is 5.69 Å². The van der Waals surface area contributed by atoms with Gasteiger partial charge in [-0.05, 0) is 43.0 Å². The van der Waals surface area contributed by atoms with Crippen LogP contribution in [0.5, 0.6) is 5.75 Å². The van der Waals surface area contributed by atoms with Crippen LogP contribution in [-0.4, -0.2) is 24.6 Å². The molecule has 0 bridgehead atoms. The molecule has 0 heterocycles. The van der Waals surface area contributed by atoms with Crippen molar-refractivity contribution < 1.29 is 19.1 Å². The summed E-state index contributed by atoms with van der Waals surface area (Å²) in [6, 6.07) is 16.6. The summed E-state index contributed by atoms with van der Waals surface area (Å²) in [5.41, 5.74) is 1.81. The first kappa shape index (κ1) is 19.5. The lowest BCUT2D eigenvalue weighted by Gasteiger charge is -2.18. The predicted octanol–water partition coefficient (Wildman–Crippen LogP) is 4.15. The van der Waals surface area contributed by atoms with Crippen LogP contribution in [0.2, 0.25) is 0 Å². The molecule has 0 aliphatic heterocycles. The fraction of sp³-hybridized carbons (Fsp3) is 0.333. The standard InChI is InChI=1S/C21H25NO4/c1-4-15(2)18-12-8-9-13-19(18)22-21(24)16(3)26-20(23)14-25-17-10-6-5-7-11-17/h5-13,15-16H,4,14H2,1-3H3,(H,22,24)/t15-,16-/m1/s1. The second-order valence-corrected chi connectivity index (χ2v) is 6.12. The summed E-state index contributed by atoms with van der Waals surface area (Å²) in [7, 11) is 0. The SMILES string of the molecule is CC[C@@H](C)c1ccccc1NC(=O)[C@@H](C)OC(=O)COc1ccccc1. The highest BCUT2D eigenvalue weighted by Gasteiger charge is 2.20. The van der Waals surface area contributed by atoms with Gasteiger partial charge in [0.05, 0.1) is 0 Å². The van der Waals surface area contributed by atoms with Gasteiger partial charge in [-0.3, -0.25) is 4.79 Å². The number of ether oxygens (including phenoxy) is 2. The van der Waals surface area contributed by atoms with Crippen LogP contribution in [0.1, 0.15) is 38.7 Å². The fourth-order valence-corrected chi connectivity index (χ4v) is 2.44. The topological polar surface area (TPSA) is 64.6 Å². The number of rotatable bonds is 8. The molecule has 0 fully saturated rings. The monoisotopic (exact) mass is 355 g/mol. The molecular formula is C21H25NO4. The summed E-state index contributed by atoms with van der Waals surface area (Å²) in [6.07, 6.45) is 0.0562. The molecule has 2 rings (SSSR count). The lowest BCUT2D eigenvalue weighted by molar-refractivity contribution is -0.155. The molecule has 0 unspecified atom stereocenters. The molecule has 0 saturated heterocycles. The number of nitrogens with one attached hydrogen (secondary N) is 1. The van der Waals surface area contributed by atoms with E-state index < -0.39 is 12.1 Å². The lowest BCUT2D eigenvalue weighted by Crippen LogP contribution is -2.32. The molecule has 0 radical (unpaired) electrons. The molecule has 138 valence electrons. The molecule has 0 aliphatic carbocycles. The second kappa shape index (κ2) is 9.61. The van der Waals surface area contributed by atoms with Crippen LogP contribution in [0, 0.1) is 0 Å². The Kier molecular flexibility index (Phi) is 7.21. The Hall–Kier alpha value is -2.82. The largest absolute Gasteiger partial charge is 0.482 e. The van der Waals surface area contributed by atoms with Crippen molar-refractivity contribution in [2.45, 2.75) is 39.2 Å². The van der Waals surface area contributed by atoms with Gasteiger partial charge in [0.1, 0.15) is 5.75 Å². The van der Waals surface area contributed by atoms with Crippen molar-refractivity contribution in [2.75, 3.05) is 11.9 Å². The third-order valence-electron chi connectivity index (χ3n) is 4.14. The number of benzene rings is 2. The van der Waals surface area contributed by atoms with E-state index in [1.165, 1.54) is 0 Å². The van der Waals surface area contributed by atoms with Gasteiger partial charge in [-0.1, -0.05) is 50.2 Å². The molecular weight excluding hydrogens is 330 g/mol. The maximum absolute atomic E-state index is 12.4. The zero-order valence-corrected chi connectivity index (χ0v) is 15.4. The molecule has 0 aliphatic rings. The van der Waals surface area contributed by atoms with E-state index in [0.29, 0.717) is 11.7 Å². The zero-order valence-electron chi connectivity index (χ0n) is 15.4. The van der Waals surface area contributed by atoms with Gasteiger partial charge in [-0.15, -0.1) is 0 Å². The van der Waals surface area contributed by atoms with Crippen LogP contribution in [0.15, 0.2) is 54.6 Å². The van der Waals surface area contributed by atoms with Crippen LogP contribution >= 0.6 is 0 Å². The first-order valence-electron chi connectivity index (χ1n) is 8.78. The van der Waals surface area contributed by atoms with E-state index in [9.17, 15) is 9.59 Å². The maximum Gasteiger partial charge on any atom is 0.344 e. The molecule has 0 aromatic heterocycles. The Morgan fingerprint density at radius 3 is 2.35 bits per heavy atom. The van der Waals surface area contributed by atoms with Crippen molar-refractivity contribution in [3.05, 3.63) is 60.2 Å². The van der Waals surface area contributed by atoms with Gasteiger partial charge in [-0.25, -0.2) is 4.79 Å². The van der Waals surface area contributed by atoms with Crippen molar-refractivity contribution >= 4 is 17.6 Å². The third kappa shape index (κ3) is 5.62. The van der Waals surface area contributed by atoms with Crippen molar-refractivity contribution in [2.24, 2.45) is 0 Å². The highest BCUT2D eigenvalue weighted by molar-refractivity contribution is 5.95. The molecule has 2 aromatic rings. The van der Waals surface area contributed by atoms with E-state index in [-0.39, 0.29) is 12.5 Å². The number of esters is 1. The Bertz CT molecular complexity index is 730. The number of hydrogen-bond acceptors (Lipinski definition) is 4. The van der Waals surface area contributed by atoms with E-state index in [4.69, 9.17) is 9.47 Å². The van der Waals surface area contributed by atoms with Crippen molar-refractivity contribution in [3.63, 3.8) is 0 Å². The molecule has 5 nitrogen and oxygen atoms in total. The molecule has 1 amide bonds. The van der Waals surface area contributed by atoms with Crippen LogP contribution < -0.4 is 10.1 Å². The van der Waals surface area contributed by atoms with E-state index >= 15 is 0 Å². The quantitative estimate of drug-likeness (QED) is 0.723. The fourth-order valence-electron chi connectivity index (χ4n) is 2.44. The Morgan fingerprint density at radius 1 is 1.00 bits per heavy atom. The Labute approximate surface area is 154 Å². The first-order chi connectivity index (χ1) is 12.5. The lowest BCUT2D eigenvalue weighted by atomic mass is 9.97. The van der Waals surface area contributed by atoms with Crippen LogP contribution in [0.3, 0.4) is 0 Å². The molecule has 0 saturated carbocycles. The summed E-state index contributed by atoms with van der Waals surface area (Å²) in [5, 5.41) is 2.85. The number of anilines is 1. The van der Waals surface area contributed by atoms with Crippen LogP contribution in [0.25, 0.3) is 0 Å². The van der Waals surface area contributed by atoms with Gasteiger partial charge >= 0.3 is 5.97 Å². The molecule has 1 N–H and O–H groups in total. The minimum absolute atomic E-state index is 0.245. The smallest absolute Gasteiger partial charge is 0.344 e. The summed E-state index contributed by atoms with van der Waals surface area (Å²) in [4.78, 5) is 24.2. The van der Waals surface area contributed by atoms with E-state index in [1.807, 2.05) is 42.5 Å². The average molecular weight is 355 g/mol. The van der Waals surface area contributed by atoms with E-state index in [2.05, 4.69) is 19.2 Å². The highest BCUT2D eigenvalue weighted by Crippen LogP contribution is 2.26. The van der Waals surface area contributed by atoms with E-state index in [1.54, 1.807) is 19.1 Å². The Morgan fingerprint density at radius 2 is 1.65 bits per heavy atom.